The molecule has 1 aromatic carbocycles. The first-order chi connectivity index (χ1) is 7.22. The largest absolute Gasteiger partial charge is 0.496 e. The van der Waals surface area contributed by atoms with E-state index in [1.807, 2.05) is 12.1 Å². The van der Waals surface area contributed by atoms with Crippen molar-refractivity contribution in [1.29, 1.82) is 0 Å². The summed E-state index contributed by atoms with van der Waals surface area (Å²) in [6.45, 7) is 2.26. The van der Waals surface area contributed by atoms with Crippen LogP contribution >= 0.6 is 11.6 Å². The maximum atomic E-state index is 8.76. The third-order valence-electron chi connectivity index (χ3n) is 2.41. The number of ether oxygens (including phenoxy) is 1. The highest BCUT2D eigenvalue weighted by atomic mass is 35.5. The van der Waals surface area contributed by atoms with Crippen molar-refractivity contribution in [2.75, 3.05) is 13.7 Å². The van der Waals surface area contributed by atoms with Gasteiger partial charge in [0.2, 0.25) is 0 Å². The van der Waals surface area contributed by atoms with Gasteiger partial charge in [-0.15, -0.1) is 0 Å². The van der Waals surface area contributed by atoms with Crippen molar-refractivity contribution < 1.29 is 9.84 Å². The molecule has 1 aromatic rings. The number of hydrogen-bond donors (Lipinski definition) is 1. The number of aliphatic hydroxyl groups is 1. The quantitative estimate of drug-likeness (QED) is 0.840. The Hall–Kier alpha value is -0.730. The second-order valence-corrected chi connectivity index (χ2v) is 3.85. The van der Waals surface area contributed by atoms with Gasteiger partial charge < -0.3 is 9.84 Å². The van der Waals surface area contributed by atoms with Crippen LogP contribution in [-0.2, 0) is 12.8 Å². The normalized spacial score (nSPS) is 10.4. The number of halogens is 1. The molecular formula is C12H17ClO2. The van der Waals surface area contributed by atoms with E-state index in [1.54, 1.807) is 7.11 Å². The van der Waals surface area contributed by atoms with Gasteiger partial charge in [0.25, 0.3) is 0 Å². The molecule has 0 radical (unpaired) electrons. The van der Waals surface area contributed by atoms with Crippen LogP contribution in [0.5, 0.6) is 5.75 Å². The Labute approximate surface area is 95.8 Å². The SMILES string of the molecule is CCc1c(Cl)cc(CCCO)cc1OC. The van der Waals surface area contributed by atoms with Crippen LogP contribution in [0.4, 0.5) is 0 Å². The van der Waals surface area contributed by atoms with E-state index in [-0.39, 0.29) is 6.61 Å². The van der Waals surface area contributed by atoms with Gasteiger partial charge in [0.15, 0.2) is 0 Å². The molecule has 0 aliphatic rings. The summed E-state index contributed by atoms with van der Waals surface area (Å²) in [5.41, 5.74) is 2.16. The van der Waals surface area contributed by atoms with Crippen LogP contribution in [0, 0.1) is 0 Å². The average molecular weight is 229 g/mol. The highest BCUT2D eigenvalue weighted by Gasteiger charge is 2.08. The second-order valence-electron chi connectivity index (χ2n) is 3.44. The van der Waals surface area contributed by atoms with E-state index in [0.717, 1.165) is 41.2 Å². The summed E-state index contributed by atoms with van der Waals surface area (Å²) in [4.78, 5) is 0. The number of rotatable bonds is 5. The lowest BCUT2D eigenvalue weighted by Crippen LogP contribution is -1.96. The van der Waals surface area contributed by atoms with Crippen LogP contribution in [0.1, 0.15) is 24.5 Å². The molecule has 0 heterocycles. The fraction of sp³-hybridized carbons (Fsp3) is 0.500. The van der Waals surface area contributed by atoms with Crippen molar-refractivity contribution in [1.82, 2.24) is 0 Å². The molecule has 0 amide bonds. The van der Waals surface area contributed by atoms with E-state index in [4.69, 9.17) is 21.4 Å². The fourth-order valence-corrected chi connectivity index (χ4v) is 1.98. The third kappa shape index (κ3) is 3.11. The Kier molecular flexibility index (Phi) is 4.92. The summed E-state index contributed by atoms with van der Waals surface area (Å²) in [7, 11) is 1.65. The molecule has 0 aliphatic heterocycles. The van der Waals surface area contributed by atoms with Crippen LogP contribution in [0.25, 0.3) is 0 Å². The van der Waals surface area contributed by atoms with Crippen LogP contribution in [0.15, 0.2) is 12.1 Å². The third-order valence-corrected chi connectivity index (χ3v) is 2.75. The molecule has 0 saturated carbocycles. The molecule has 0 fully saturated rings. The topological polar surface area (TPSA) is 29.5 Å². The van der Waals surface area contributed by atoms with Crippen molar-refractivity contribution in [3.8, 4) is 5.75 Å². The molecule has 0 spiro atoms. The monoisotopic (exact) mass is 228 g/mol. The number of aliphatic hydroxyl groups excluding tert-OH is 1. The Morgan fingerprint density at radius 3 is 2.67 bits per heavy atom. The number of aryl methyl sites for hydroxylation is 1. The molecule has 0 unspecified atom stereocenters. The smallest absolute Gasteiger partial charge is 0.123 e. The first-order valence-electron chi connectivity index (χ1n) is 5.19. The van der Waals surface area contributed by atoms with E-state index >= 15 is 0 Å². The predicted molar refractivity (Wildman–Crippen MR) is 62.8 cm³/mol. The molecule has 0 aromatic heterocycles. The molecule has 1 N–H and O–H groups in total. The van der Waals surface area contributed by atoms with Gasteiger partial charge in [-0.3, -0.25) is 0 Å². The maximum absolute atomic E-state index is 8.76. The van der Waals surface area contributed by atoms with Gasteiger partial charge in [-0.1, -0.05) is 18.5 Å². The van der Waals surface area contributed by atoms with Crippen molar-refractivity contribution in [3.05, 3.63) is 28.3 Å². The number of benzene rings is 1. The molecule has 3 heteroatoms. The fourth-order valence-electron chi connectivity index (χ4n) is 1.62. The maximum Gasteiger partial charge on any atom is 0.123 e. The van der Waals surface area contributed by atoms with Gasteiger partial charge in [-0.25, -0.2) is 0 Å². The average Bonchev–Trinajstić information content (AvgIpc) is 2.25. The van der Waals surface area contributed by atoms with E-state index in [9.17, 15) is 0 Å². The molecule has 0 saturated heterocycles. The molecule has 0 aliphatic carbocycles. The van der Waals surface area contributed by atoms with Crippen LogP contribution in [-0.4, -0.2) is 18.8 Å². The summed E-state index contributed by atoms with van der Waals surface area (Å²) < 4.78 is 5.29. The van der Waals surface area contributed by atoms with E-state index in [1.165, 1.54) is 0 Å². The lowest BCUT2D eigenvalue weighted by Gasteiger charge is -2.11. The Bertz CT molecular complexity index is 324. The van der Waals surface area contributed by atoms with Gasteiger partial charge in [-0.2, -0.15) is 0 Å². The summed E-state index contributed by atoms with van der Waals surface area (Å²) in [6.07, 6.45) is 2.45. The molecule has 15 heavy (non-hydrogen) atoms. The zero-order valence-electron chi connectivity index (χ0n) is 9.22. The summed E-state index contributed by atoms with van der Waals surface area (Å²) in [6, 6.07) is 3.96. The van der Waals surface area contributed by atoms with E-state index < -0.39 is 0 Å². The molecule has 0 bridgehead atoms. The van der Waals surface area contributed by atoms with E-state index in [2.05, 4.69) is 6.92 Å². The number of hydrogen-bond acceptors (Lipinski definition) is 2. The second kappa shape index (κ2) is 5.99. The van der Waals surface area contributed by atoms with Crippen molar-refractivity contribution in [2.24, 2.45) is 0 Å². The predicted octanol–water partition coefficient (Wildman–Crippen LogP) is 2.84. The lowest BCUT2D eigenvalue weighted by molar-refractivity contribution is 0.288. The Morgan fingerprint density at radius 1 is 1.40 bits per heavy atom. The van der Waals surface area contributed by atoms with Crippen LogP contribution in [0.3, 0.4) is 0 Å². The summed E-state index contributed by atoms with van der Waals surface area (Å²) in [5, 5.41) is 9.51. The first-order valence-corrected chi connectivity index (χ1v) is 5.56. The number of methoxy groups -OCH3 is 1. The van der Waals surface area contributed by atoms with Crippen molar-refractivity contribution in [3.63, 3.8) is 0 Å². The Morgan fingerprint density at radius 2 is 2.13 bits per heavy atom. The highest BCUT2D eigenvalue weighted by molar-refractivity contribution is 6.31. The first kappa shape index (κ1) is 12.3. The standard InChI is InChI=1S/C12H17ClO2/c1-3-10-11(13)7-9(5-4-6-14)8-12(10)15-2/h7-8,14H,3-6H2,1-2H3. The van der Waals surface area contributed by atoms with Gasteiger partial charge in [0.1, 0.15) is 5.75 Å². The van der Waals surface area contributed by atoms with Gasteiger partial charge in [-0.05, 0) is 37.0 Å². The van der Waals surface area contributed by atoms with Crippen LogP contribution in [0.2, 0.25) is 5.02 Å². The molecular weight excluding hydrogens is 212 g/mol. The summed E-state index contributed by atoms with van der Waals surface area (Å²) >= 11 is 6.15. The minimum absolute atomic E-state index is 0.204. The molecule has 1 rings (SSSR count). The molecule has 84 valence electrons. The molecule has 0 atom stereocenters. The Balaban J connectivity index is 2.97. The highest BCUT2D eigenvalue weighted by Crippen LogP contribution is 2.29. The lowest BCUT2D eigenvalue weighted by atomic mass is 10.0. The summed E-state index contributed by atoms with van der Waals surface area (Å²) in [5.74, 6) is 0.845. The minimum atomic E-state index is 0.204. The minimum Gasteiger partial charge on any atom is -0.496 e. The van der Waals surface area contributed by atoms with Crippen LogP contribution < -0.4 is 4.74 Å². The zero-order valence-corrected chi connectivity index (χ0v) is 9.97. The molecule has 2 nitrogen and oxygen atoms in total. The zero-order chi connectivity index (χ0) is 11.3. The van der Waals surface area contributed by atoms with Gasteiger partial charge in [0.05, 0.1) is 7.11 Å². The van der Waals surface area contributed by atoms with Crippen molar-refractivity contribution >= 4 is 11.6 Å². The van der Waals surface area contributed by atoms with Gasteiger partial charge >= 0.3 is 0 Å². The van der Waals surface area contributed by atoms with E-state index in [0.29, 0.717) is 0 Å². The van der Waals surface area contributed by atoms with Crippen molar-refractivity contribution in [2.45, 2.75) is 26.2 Å². The van der Waals surface area contributed by atoms with Gasteiger partial charge in [0, 0.05) is 17.2 Å².